The predicted octanol–water partition coefficient (Wildman–Crippen LogP) is 7.10. The van der Waals surface area contributed by atoms with Gasteiger partial charge in [-0.25, -0.2) is 0 Å². The van der Waals surface area contributed by atoms with E-state index in [1.165, 1.54) is 11.3 Å². The maximum atomic E-state index is 13.7. The van der Waals surface area contributed by atoms with Crippen LogP contribution in [0.2, 0.25) is 0 Å². The summed E-state index contributed by atoms with van der Waals surface area (Å²) in [5.74, 6) is 0.847. The molecule has 0 aliphatic rings. The molecule has 154 valence electrons. The Morgan fingerprint density at radius 2 is 1.84 bits per heavy atom. The second-order valence-corrected chi connectivity index (χ2v) is 9.11. The number of rotatable bonds is 7. The number of aryl methyl sites for hydroxylation is 1. The summed E-state index contributed by atoms with van der Waals surface area (Å²) in [6.45, 7) is 2.58. The van der Waals surface area contributed by atoms with Gasteiger partial charge >= 0.3 is 0 Å². The molecule has 0 saturated heterocycles. The second-order valence-electron chi connectivity index (χ2n) is 7.24. The Kier molecular flexibility index (Phi) is 5.45. The summed E-state index contributed by atoms with van der Waals surface area (Å²) in [5, 5.41) is 4.04. The lowest BCUT2D eigenvalue weighted by Gasteiger charge is -2.10. The third kappa shape index (κ3) is 3.71. The van der Waals surface area contributed by atoms with Crippen molar-refractivity contribution in [1.29, 1.82) is 0 Å². The van der Waals surface area contributed by atoms with E-state index in [4.69, 9.17) is 4.74 Å². The monoisotopic (exact) mass is 443 g/mol. The average Bonchev–Trinajstić information content (AvgIpc) is 3.56. The third-order valence-electron chi connectivity index (χ3n) is 5.34. The van der Waals surface area contributed by atoms with Crippen LogP contribution in [0.1, 0.15) is 33.4 Å². The molecule has 0 spiro atoms. The first-order valence-electron chi connectivity index (χ1n) is 10.2. The molecular formula is C26H21NO2S2. The molecule has 5 rings (SSSR count). The van der Waals surface area contributed by atoms with Crippen LogP contribution in [0.5, 0.6) is 5.75 Å². The van der Waals surface area contributed by atoms with Crippen LogP contribution in [-0.2, 0) is 13.0 Å². The van der Waals surface area contributed by atoms with Crippen LogP contribution in [0.4, 0.5) is 0 Å². The number of nitrogens with zero attached hydrogens (tertiary/aromatic N) is 1. The van der Waals surface area contributed by atoms with Crippen molar-refractivity contribution in [2.24, 2.45) is 0 Å². The van der Waals surface area contributed by atoms with E-state index in [2.05, 4.69) is 19.1 Å². The smallest absolute Gasteiger partial charge is 0.220 e. The number of carbonyl (C=O) groups excluding carboxylic acids is 1. The van der Waals surface area contributed by atoms with Gasteiger partial charge in [-0.05, 0) is 58.6 Å². The van der Waals surface area contributed by atoms with E-state index < -0.39 is 0 Å². The minimum Gasteiger partial charge on any atom is -0.487 e. The Morgan fingerprint density at radius 3 is 2.61 bits per heavy atom. The van der Waals surface area contributed by atoms with Crippen LogP contribution in [0.25, 0.3) is 16.0 Å². The molecule has 4 aromatic heterocycles. The molecule has 4 heterocycles. The number of hydrogen-bond donors (Lipinski definition) is 0. The molecule has 0 aliphatic heterocycles. The Hall–Kier alpha value is -3.15. The zero-order valence-electron chi connectivity index (χ0n) is 17.1. The first-order valence-corrected chi connectivity index (χ1v) is 12.0. The van der Waals surface area contributed by atoms with Crippen LogP contribution >= 0.6 is 22.7 Å². The Labute approximate surface area is 189 Å². The summed E-state index contributed by atoms with van der Waals surface area (Å²) < 4.78 is 8.13. The summed E-state index contributed by atoms with van der Waals surface area (Å²) in [5.41, 5.74) is 4.81. The normalized spacial score (nSPS) is 11.1. The van der Waals surface area contributed by atoms with Gasteiger partial charge in [-0.3, -0.25) is 4.79 Å². The lowest BCUT2D eigenvalue weighted by Crippen LogP contribution is -2.07. The van der Waals surface area contributed by atoms with Crippen molar-refractivity contribution >= 4 is 34.0 Å². The molecule has 0 saturated carbocycles. The maximum Gasteiger partial charge on any atom is 0.220 e. The maximum absolute atomic E-state index is 13.7. The minimum atomic E-state index is 0.0652. The number of hydrogen-bond acceptors (Lipinski definition) is 4. The number of aromatic nitrogens is 1. The minimum absolute atomic E-state index is 0.0652. The standard InChI is InChI=1S/C26H21NO2S2/c1-2-19-16-21-22(29-17-18-8-4-3-5-9-18)10-6-13-27(21)24(19)25(28)26-20(12-15-31-26)23-11-7-14-30-23/h3-16H,2,17H2,1H3. The molecule has 0 N–H and O–H groups in total. The van der Waals surface area contributed by atoms with Crippen LogP contribution < -0.4 is 4.74 Å². The van der Waals surface area contributed by atoms with E-state index in [9.17, 15) is 4.79 Å². The predicted molar refractivity (Wildman–Crippen MR) is 129 cm³/mol. The van der Waals surface area contributed by atoms with Gasteiger partial charge in [0.15, 0.2) is 0 Å². The van der Waals surface area contributed by atoms with Crippen molar-refractivity contribution in [3.63, 3.8) is 0 Å². The van der Waals surface area contributed by atoms with E-state index in [-0.39, 0.29) is 5.78 Å². The molecule has 0 atom stereocenters. The van der Waals surface area contributed by atoms with E-state index in [1.54, 1.807) is 11.3 Å². The highest BCUT2D eigenvalue weighted by molar-refractivity contribution is 7.15. The molecule has 0 unspecified atom stereocenters. The number of pyridine rings is 1. The van der Waals surface area contributed by atoms with Gasteiger partial charge in [0.05, 0.1) is 16.1 Å². The number of ether oxygens (including phenoxy) is 1. The molecule has 0 bridgehead atoms. The molecular weight excluding hydrogens is 422 g/mol. The third-order valence-corrected chi connectivity index (χ3v) is 7.16. The number of fused-ring (bicyclic) bond motifs is 1. The van der Waals surface area contributed by atoms with Gasteiger partial charge in [-0.15, -0.1) is 22.7 Å². The van der Waals surface area contributed by atoms with Crippen LogP contribution in [0.3, 0.4) is 0 Å². The summed E-state index contributed by atoms with van der Waals surface area (Å²) in [6, 6.07) is 22.2. The number of carbonyl (C=O) groups is 1. The van der Waals surface area contributed by atoms with Crippen molar-refractivity contribution in [3.8, 4) is 16.2 Å². The zero-order valence-corrected chi connectivity index (χ0v) is 18.7. The van der Waals surface area contributed by atoms with E-state index >= 15 is 0 Å². The summed E-state index contributed by atoms with van der Waals surface area (Å²) in [4.78, 5) is 15.6. The summed E-state index contributed by atoms with van der Waals surface area (Å²) in [6.07, 6.45) is 2.73. The topological polar surface area (TPSA) is 30.7 Å². The Balaban J connectivity index is 1.55. The fourth-order valence-corrected chi connectivity index (χ4v) is 5.50. The van der Waals surface area contributed by atoms with Crippen LogP contribution in [-0.4, -0.2) is 10.2 Å². The molecule has 3 nitrogen and oxygen atoms in total. The van der Waals surface area contributed by atoms with Crippen molar-refractivity contribution in [2.45, 2.75) is 20.0 Å². The highest BCUT2D eigenvalue weighted by Crippen LogP contribution is 2.35. The first-order chi connectivity index (χ1) is 15.3. The first kappa shape index (κ1) is 19.8. The fourth-order valence-electron chi connectivity index (χ4n) is 3.83. The van der Waals surface area contributed by atoms with E-state index in [1.807, 2.05) is 76.0 Å². The van der Waals surface area contributed by atoms with Gasteiger partial charge < -0.3 is 9.14 Å². The summed E-state index contributed by atoms with van der Waals surface area (Å²) >= 11 is 3.16. The number of benzene rings is 1. The number of ketones is 1. The molecule has 5 aromatic rings. The highest BCUT2D eigenvalue weighted by Gasteiger charge is 2.24. The average molecular weight is 444 g/mol. The molecule has 0 radical (unpaired) electrons. The van der Waals surface area contributed by atoms with Gasteiger partial charge in [-0.2, -0.15) is 0 Å². The second kappa shape index (κ2) is 8.53. The van der Waals surface area contributed by atoms with Gasteiger partial charge in [0.25, 0.3) is 0 Å². The Bertz CT molecular complexity index is 1330. The van der Waals surface area contributed by atoms with E-state index in [0.29, 0.717) is 6.61 Å². The van der Waals surface area contributed by atoms with Crippen molar-refractivity contribution in [1.82, 2.24) is 4.40 Å². The fraction of sp³-hybridized carbons (Fsp3) is 0.115. The summed E-state index contributed by atoms with van der Waals surface area (Å²) in [7, 11) is 0. The lowest BCUT2D eigenvalue weighted by atomic mass is 10.1. The van der Waals surface area contributed by atoms with Crippen molar-refractivity contribution < 1.29 is 9.53 Å². The largest absolute Gasteiger partial charge is 0.487 e. The molecule has 0 amide bonds. The molecule has 0 aliphatic carbocycles. The zero-order chi connectivity index (χ0) is 21.2. The quantitative estimate of drug-likeness (QED) is 0.251. The van der Waals surface area contributed by atoms with Crippen molar-refractivity contribution in [3.05, 3.63) is 105 Å². The lowest BCUT2D eigenvalue weighted by molar-refractivity contribution is 0.103. The highest BCUT2D eigenvalue weighted by atomic mass is 32.1. The molecule has 5 heteroatoms. The van der Waals surface area contributed by atoms with Gasteiger partial charge in [0, 0.05) is 16.6 Å². The van der Waals surface area contributed by atoms with Gasteiger partial charge in [-0.1, -0.05) is 43.3 Å². The Morgan fingerprint density at radius 1 is 0.968 bits per heavy atom. The van der Waals surface area contributed by atoms with Gasteiger partial charge in [0.2, 0.25) is 5.78 Å². The van der Waals surface area contributed by atoms with Crippen LogP contribution in [0, 0.1) is 0 Å². The SMILES string of the molecule is CCc1cc2c(OCc3ccccc3)cccn2c1C(=O)c1sccc1-c1cccs1. The van der Waals surface area contributed by atoms with Gasteiger partial charge in [0.1, 0.15) is 12.4 Å². The molecule has 0 fully saturated rings. The van der Waals surface area contributed by atoms with E-state index in [0.717, 1.165) is 49.8 Å². The molecule has 1 aromatic carbocycles. The van der Waals surface area contributed by atoms with Crippen LogP contribution in [0.15, 0.2) is 83.7 Å². The number of thiophene rings is 2. The van der Waals surface area contributed by atoms with Crippen molar-refractivity contribution in [2.75, 3.05) is 0 Å². The molecule has 31 heavy (non-hydrogen) atoms.